The zero-order valence-electron chi connectivity index (χ0n) is 17.9. The number of halogens is 2. The first-order valence-corrected chi connectivity index (χ1v) is 11.4. The van der Waals surface area contributed by atoms with Gasteiger partial charge in [-0.1, -0.05) is 26.3 Å². The summed E-state index contributed by atoms with van der Waals surface area (Å²) in [5, 5.41) is 0. The van der Waals surface area contributed by atoms with Crippen LogP contribution < -0.4 is 0 Å². The summed E-state index contributed by atoms with van der Waals surface area (Å²) in [6.45, 7) is 7.04. The van der Waals surface area contributed by atoms with E-state index in [2.05, 4.69) is 20.8 Å². The van der Waals surface area contributed by atoms with E-state index < -0.39 is 11.6 Å². The number of benzene rings is 1. The lowest BCUT2D eigenvalue weighted by Crippen LogP contribution is -2.53. The molecule has 1 aromatic rings. The molecular weight excluding hydrogens is 366 g/mol. The minimum Gasteiger partial charge on any atom is -0.295 e. The second-order valence-corrected chi connectivity index (χ2v) is 11.0. The van der Waals surface area contributed by atoms with Crippen LogP contribution in [0.1, 0.15) is 77.7 Å². The van der Waals surface area contributed by atoms with Crippen LogP contribution in [-0.4, -0.2) is 5.78 Å². The van der Waals surface area contributed by atoms with Crippen LogP contribution in [0.3, 0.4) is 0 Å². The van der Waals surface area contributed by atoms with Crippen LogP contribution in [0.4, 0.5) is 8.78 Å². The molecule has 1 aromatic carbocycles. The van der Waals surface area contributed by atoms with Gasteiger partial charge in [-0.15, -0.1) is 0 Å². The van der Waals surface area contributed by atoms with E-state index in [1.54, 1.807) is 12.1 Å². The summed E-state index contributed by atoms with van der Waals surface area (Å²) >= 11 is 0. The molecule has 4 aliphatic carbocycles. The first-order valence-electron chi connectivity index (χ1n) is 11.4. The summed E-state index contributed by atoms with van der Waals surface area (Å²) in [5.41, 5.74) is 2.28. The van der Waals surface area contributed by atoms with Crippen molar-refractivity contribution < 1.29 is 13.6 Å². The second kappa shape index (κ2) is 6.25. The fourth-order valence-electron chi connectivity index (χ4n) is 8.17. The Hall–Kier alpha value is -1.51. The van der Waals surface area contributed by atoms with Gasteiger partial charge in [0.1, 0.15) is 11.6 Å². The molecule has 3 heteroatoms. The van der Waals surface area contributed by atoms with Crippen molar-refractivity contribution in [3.8, 4) is 0 Å². The van der Waals surface area contributed by atoms with Crippen LogP contribution in [0, 0.1) is 40.2 Å². The summed E-state index contributed by atoms with van der Waals surface area (Å²) in [5.74, 6) is 1.26. The number of hydrogen-bond acceptors (Lipinski definition) is 1. The highest BCUT2D eigenvalue weighted by molar-refractivity contribution is 5.91. The van der Waals surface area contributed by atoms with Crippen molar-refractivity contribution in [1.82, 2.24) is 0 Å². The molecule has 5 rings (SSSR count). The van der Waals surface area contributed by atoms with E-state index >= 15 is 0 Å². The number of rotatable bonds is 1. The molecule has 0 N–H and O–H groups in total. The highest BCUT2D eigenvalue weighted by Crippen LogP contribution is 2.70. The first-order chi connectivity index (χ1) is 13.7. The largest absolute Gasteiger partial charge is 0.295 e. The SMILES string of the molecule is C[C@]12CCC(=O)C=C1CCC1[C@@H]2CC[C@@]2(C)[C@H]1CC[C@]2(C)c1cc(F)cc(F)c1. The van der Waals surface area contributed by atoms with Gasteiger partial charge in [0.05, 0.1) is 0 Å². The Labute approximate surface area is 173 Å². The van der Waals surface area contributed by atoms with Gasteiger partial charge in [-0.25, -0.2) is 8.78 Å². The molecular formula is C26H32F2O. The number of carbonyl (C=O) groups is 1. The molecule has 0 amide bonds. The minimum atomic E-state index is -0.464. The Bertz CT molecular complexity index is 884. The van der Waals surface area contributed by atoms with E-state index in [9.17, 15) is 13.6 Å². The van der Waals surface area contributed by atoms with Gasteiger partial charge in [0.2, 0.25) is 0 Å². The average Bonchev–Trinajstić information content (AvgIpc) is 2.94. The second-order valence-electron chi connectivity index (χ2n) is 11.0. The molecule has 4 aliphatic rings. The number of allylic oxidation sites excluding steroid dienone is 1. The van der Waals surface area contributed by atoms with E-state index in [1.807, 2.05) is 6.08 Å². The Morgan fingerprint density at radius 2 is 1.55 bits per heavy atom. The fraction of sp³-hybridized carbons (Fsp3) is 0.654. The molecule has 1 unspecified atom stereocenters. The van der Waals surface area contributed by atoms with E-state index in [0.717, 1.165) is 56.6 Å². The topological polar surface area (TPSA) is 17.1 Å². The van der Waals surface area contributed by atoms with Crippen molar-refractivity contribution in [3.63, 3.8) is 0 Å². The number of ketones is 1. The van der Waals surface area contributed by atoms with Crippen molar-refractivity contribution >= 4 is 5.78 Å². The molecule has 0 bridgehead atoms. The van der Waals surface area contributed by atoms with Gasteiger partial charge in [0.15, 0.2) is 5.78 Å². The lowest BCUT2D eigenvalue weighted by Gasteiger charge is -2.59. The van der Waals surface area contributed by atoms with Gasteiger partial charge in [-0.05, 0) is 103 Å². The zero-order valence-corrected chi connectivity index (χ0v) is 17.9. The molecule has 0 spiro atoms. The van der Waals surface area contributed by atoms with Crippen LogP contribution in [0.25, 0.3) is 0 Å². The summed E-state index contributed by atoms with van der Waals surface area (Å²) in [6, 6.07) is 4.12. The van der Waals surface area contributed by atoms with Crippen LogP contribution in [0.5, 0.6) is 0 Å². The lowest BCUT2D eigenvalue weighted by molar-refractivity contribution is -0.117. The summed E-state index contributed by atoms with van der Waals surface area (Å²) < 4.78 is 28.1. The van der Waals surface area contributed by atoms with Crippen LogP contribution in [-0.2, 0) is 10.2 Å². The van der Waals surface area contributed by atoms with Gasteiger partial charge in [-0.2, -0.15) is 0 Å². The Kier molecular flexibility index (Phi) is 4.19. The normalized spacial score (nSPS) is 44.0. The predicted molar refractivity (Wildman–Crippen MR) is 110 cm³/mol. The molecule has 1 nitrogen and oxygen atoms in total. The van der Waals surface area contributed by atoms with Gasteiger partial charge < -0.3 is 0 Å². The average molecular weight is 399 g/mol. The Balaban J connectivity index is 1.52. The molecule has 0 radical (unpaired) electrons. The van der Waals surface area contributed by atoms with Crippen molar-refractivity contribution in [2.75, 3.05) is 0 Å². The Morgan fingerprint density at radius 1 is 0.862 bits per heavy atom. The molecule has 3 saturated carbocycles. The van der Waals surface area contributed by atoms with Crippen molar-refractivity contribution in [3.05, 3.63) is 47.0 Å². The van der Waals surface area contributed by atoms with Crippen LogP contribution in [0.2, 0.25) is 0 Å². The maximum absolute atomic E-state index is 14.1. The lowest BCUT2D eigenvalue weighted by atomic mass is 9.45. The zero-order chi connectivity index (χ0) is 20.6. The smallest absolute Gasteiger partial charge is 0.155 e. The van der Waals surface area contributed by atoms with Gasteiger partial charge in [0.25, 0.3) is 0 Å². The van der Waals surface area contributed by atoms with Gasteiger partial charge >= 0.3 is 0 Å². The Morgan fingerprint density at radius 3 is 2.28 bits per heavy atom. The van der Waals surface area contributed by atoms with Crippen molar-refractivity contribution in [2.45, 2.75) is 77.6 Å². The maximum atomic E-state index is 14.1. The molecule has 0 heterocycles. The molecule has 156 valence electrons. The quantitative estimate of drug-likeness (QED) is 0.511. The molecule has 29 heavy (non-hydrogen) atoms. The predicted octanol–water partition coefficient (Wildman–Crippen LogP) is 6.75. The highest BCUT2D eigenvalue weighted by Gasteiger charge is 2.63. The number of hydrogen-bond donors (Lipinski definition) is 0. The number of carbonyl (C=O) groups excluding carboxylic acids is 1. The highest BCUT2D eigenvalue weighted by atomic mass is 19.1. The molecule has 3 fully saturated rings. The standard InChI is InChI=1S/C26H32F2O/c1-24-9-6-20(29)14-16(24)4-5-21-22(24)7-11-26(3)23(21)8-10-25(26,2)17-12-18(27)15-19(28)13-17/h12-15,21-23H,4-11H2,1-3H3/t21?,22-,23-,24-,25+,26-/m0/s1. The fourth-order valence-corrected chi connectivity index (χ4v) is 8.17. The summed E-state index contributed by atoms with van der Waals surface area (Å²) in [7, 11) is 0. The summed E-state index contributed by atoms with van der Waals surface area (Å²) in [6.07, 6.45) is 10.2. The van der Waals surface area contributed by atoms with Crippen LogP contribution >= 0.6 is 0 Å². The number of fused-ring (bicyclic) bond motifs is 5. The molecule has 0 aliphatic heterocycles. The monoisotopic (exact) mass is 398 g/mol. The van der Waals surface area contributed by atoms with E-state index in [1.165, 1.54) is 5.57 Å². The van der Waals surface area contributed by atoms with Crippen LogP contribution in [0.15, 0.2) is 29.8 Å². The third-order valence-corrected chi connectivity index (χ3v) is 10.1. The van der Waals surface area contributed by atoms with E-state index in [-0.39, 0.29) is 16.2 Å². The molecule has 0 aromatic heterocycles. The van der Waals surface area contributed by atoms with Gasteiger partial charge in [-0.3, -0.25) is 4.79 Å². The van der Waals surface area contributed by atoms with Crippen molar-refractivity contribution in [1.29, 1.82) is 0 Å². The third-order valence-electron chi connectivity index (χ3n) is 10.1. The third kappa shape index (κ3) is 2.58. The minimum absolute atomic E-state index is 0.0659. The molecule has 6 atom stereocenters. The van der Waals surface area contributed by atoms with E-state index in [0.29, 0.717) is 30.0 Å². The van der Waals surface area contributed by atoms with E-state index in [4.69, 9.17) is 0 Å². The molecule has 0 saturated heterocycles. The first kappa shape index (κ1) is 19.5. The summed E-state index contributed by atoms with van der Waals surface area (Å²) in [4.78, 5) is 12.0. The van der Waals surface area contributed by atoms with Gasteiger partial charge in [0, 0.05) is 12.5 Å². The van der Waals surface area contributed by atoms with Crippen molar-refractivity contribution in [2.24, 2.45) is 28.6 Å². The maximum Gasteiger partial charge on any atom is 0.155 e.